The van der Waals surface area contributed by atoms with Gasteiger partial charge in [-0.2, -0.15) is 0 Å². The lowest BCUT2D eigenvalue weighted by atomic mass is 10.3. The third-order valence-electron chi connectivity index (χ3n) is 1.97. The van der Waals surface area contributed by atoms with E-state index in [0.717, 1.165) is 0 Å². The van der Waals surface area contributed by atoms with Crippen LogP contribution in [0.1, 0.15) is 6.92 Å². The number of para-hydroxylation sites is 1. The van der Waals surface area contributed by atoms with Crippen molar-refractivity contribution in [3.63, 3.8) is 0 Å². The van der Waals surface area contributed by atoms with Gasteiger partial charge in [0.15, 0.2) is 5.11 Å². The van der Waals surface area contributed by atoms with E-state index >= 15 is 0 Å². The lowest BCUT2D eigenvalue weighted by Crippen LogP contribution is -2.43. The minimum absolute atomic E-state index is 0.0953. The van der Waals surface area contributed by atoms with Crippen molar-refractivity contribution in [1.29, 1.82) is 0 Å². The molecule has 3 N–H and O–H groups in total. The summed E-state index contributed by atoms with van der Waals surface area (Å²) in [5.41, 5.74) is 5.04. The van der Waals surface area contributed by atoms with Crippen LogP contribution in [0.5, 0.6) is 0 Å². The van der Waals surface area contributed by atoms with Gasteiger partial charge in [0.05, 0.1) is 5.69 Å². The Balaban J connectivity index is 2.40. The topological polar surface area (TPSA) is 53.2 Å². The molecule has 0 aromatic heterocycles. The van der Waals surface area contributed by atoms with Gasteiger partial charge in [-0.05, 0) is 31.3 Å². The Labute approximate surface area is 116 Å². The maximum Gasteiger partial charge on any atom is 0.262 e. The Kier molecular flexibility index (Phi) is 6.25. The molecule has 0 bridgehead atoms. The highest BCUT2D eigenvalue weighted by atomic mass is 32.1. The summed E-state index contributed by atoms with van der Waals surface area (Å²) < 4.78 is 13.3. The summed E-state index contributed by atoms with van der Waals surface area (Å²) in [6, 6.07) is 6.09. The Morgan fingerprint density at radius 2 is 2.00 bits per heavy atom. The number of hydrogen-bond acceptors (Lipinski definition) is 2. The van der Waals surface area contributed by atoms with Crippen LogP contribution in [0.2, 0.25) is 0 Å². The first kappa shape index (κ1) is 14.8. The number of amides is 1. The molecule has 0 unspecified atom stereocenters. The van der Waals surface area contributed by atoms with Gasteiger partial charge in [-0.25, -0.2) is 4.39 Å². The molecule has 4 nitrogen and oxygen atoms in total. The van der Waals surface area contributed by atoms with Crippen LogP contribution in [-0.4, -0.2) is 11.0 Å². The summed E-state index contributed by atoms with van der Waals surface area (Å²) in [5.74, 6) is -0.790. The van der Waals surface area contributed by atoms with E-state index in [9.17, 15) is 9.18 Å². The molecule has 0 radical (unpaired) electrons. The summed E-state index contributed by atoms with van der Waals surface area (Å²) >= 11 is 4.91. The van der Waals surface area contributed by atoms with E-state index in [2.05, 4.69) is 16.2 Å². The van der Waals surface area contributed by atoms with Crippen LogP contribution in [-0.2, 0) is 4.79 Å². The van der Waals surface area contributed by atoms with Crippen molar-refractivity contribution >= 4 is 28.9 Å². The number of hydrazine groups is 1. The first-order valence-electron chi connectivity index (χ1n) is 5.54. The van der Waals surface area contributed by atoms with E-state index in [1.807, 2.05) is 6.92 Å². The molecule has 1 rings (SSSR count). The second-order valence-electron chi connectivity index (χ2n) is 3.43. The molecule has 0 aliphatic carbocycles. The van der Waals surface area contributed by atoms with Crippen LogP contribution in [0.4, 0.5) is 10.1 Å². The SMILES string of the molecule is C/C=C/C=C/C(=O)NNC(=S)Nc1ccccc1F. The number of carbonyl (C=O) groups is 1. The highest BCUT2D eigenvalue weighted by molar-refractivity contribution is 7.80. The lowest BCUT2D eigenvalue weighted by Gasteiger charge is -2.10. The lowest BCUT2D eigenvalue weighted by molar-refractivity contribution is -0.117. The van der Waals surface area contributed by atoms with E-state index in [1.165, 1.54) is 18.2 Å². The smallest absolute Gasteiger partial charge is 0.262 e. The Hall–Kier alpha value is -2.21. The number of hydrogen-bond donors (Lipinski definition) is 3. The molecule has 0 saturated carbocycles. The van der Waals surface area contributed by atoms with E-state index in [-0.39, 0.29) is 16.7 Å². The van der Waals surface area contributed by atoms with E-state index < -0.39 is 5.82 Å². The fraction of sp³-hybridized carbons (Fsp3) is 0.0769. The zero-order chi connectivity index (χ0) is 14.1. The second-order valence-corrected chi connectivity index (χ2v) is 3.84. The van der Waals surface area contributed by atoms with Gasteiger partial charge in [-0.1, -0.05) is 30.4 Å². The molecule has 100 valence electrons. The molecule has 1 aromatic carbocycles. The largest absolute Gasteiger partial charge is 0.329 e. The Bertz CT molecular complexity index is 514. The minimum atomic E-state index is -0.425. The number of benzene rings is 1. The average molecular weight is 279 g/mol. The number of anilines is 1. The monoisotopic (exact) mass is 279 g/mol. The van der Waals surface area contributed by atoms with Crippen molar-refractivity contribution in [1.82, 2.24) is 10.9 Å². The quantitative estimate of drug-likeness (QED) is 0.344. The molecule has 0 saturated heterocycles. The van der Waals surface area contributed by atoms with Gasteiger partial charge >= 0.3 is 0 Å². The average Bonchev–Trinajstić information content (AvgIpc) is 2.39. The predicted octanol–water partition coefficient (Wildman–Crippen LogP) is 2.28. The second kappa shape index (κ2) is 7.99. The minimum Gasteiger partial charge on any atom is -0.329 e. The van der Waals surface area contributed by atoms with Gasteiger partial charge in [0.1, 0.15) is 5.82 Å². The van der Waals surface area contributed by atoms with Crippen molar-refractivity contribution in [2.75, 3.05) is 5.32 Å². The molecule has 0 heterocycles. The number of nitrogens with one attached hydrogen (secondary N) is 3. The molecule has 1 aromatic rings. The molecular weight excluding hydrogens is 265 g/mol. The molecule has 19 heavy (non-hydrogen) atoms. The maximum atomic E-state index is 13.3. The van der Waals surface area contributed by atoms with Crippen LogP contribution >= 0.6 is 12.2 Å². The summed E-state index contributed by atoms with van der Waals surface area (Å²) in [7, 11) is 0. The summed E-state index contributed by atoms with van der Waals surface area (Å²) in [6.45, 7) is 1.84. The van der Waals surface area contributed by atoms with Crippen LogP contribution < -0.4 is 16.2 Å². The molecule has 0 aliphatic heterocycles. The maximum absolute atomic E-state index is 13.3. The van der Waals surface area contributed by atoms with Crippen LogP contribution in [0.15, 0.2) is 48.6 Å². The summed E-state index contributed by atoms with van der Waals surface area (Å²) in [6.07, 6.45) is 6.43. The molecule has 0 atom stereocenters. The van der Waals surface area contributed by atoms with Crippen molar-refractivity contribution in [2.45, 2.75) is 6.92 Å². The summed E-state index contributed by atoms with van der Waals surface area (Å²) in [5, 5.41) is 2.72. The Morgan fingerprint density at radius 1 is 1.26 bits per heavy atom. The van der Waals surface area contributed by atoms with Crippen LogP contribution in [0, 0.1) is 5.82 Å². The third kappa shape index (κ3) is 5.78. The van der Waals surface area contributed by atoms with Gasteiger partial charge in [0.25, 0.3) is 5.91 Å². The molecule has 0 aliphatic rings. The van der Waals surface area contributed by atoms with Gasteiger partial charge in [-0.3, -0.25) is 15.6 Å². The van der Waals surface area contributed by atoms with Gasteiger partial charge in [-0.15, -0.1) is 0 Å². The first-order valence-corrected chi connectivity index (χ1v) is 5.95. The number of halogens is 1. The Morgan fingerprint density at radius 3 is 2.68 bits per heavy atom. The first-order chi connectivity index (χ1) is 9.13. The highest BCUT2D eigenvalue weighted by Gasteiger charge is 2.02. The van der Waals surface area contributed by atoms with E-state index in [0.29, 0.717) is 0 Å². The highest BCUT2D eigenvalue weighted by Crippen LogP contribution is 2.11. The standard InChI is InChI=1S/C13H14FN3OS/c1-2-3-4-9-12(18)16-17-13(19)15-11-8-6-5-7-10(11)14/h2-9H,1H3,(H,16,18)(H2,15,17,19)/b3-2+,9-4+. The zero-order valence-corrected chi connectivity index (χ0v) is 11.1. The molecule has 1 amide bonds. The van der Waals surface area contributed by atoms with E-state index in [1.54, 1.807) is 30.4 Å². The number of carbonyl (C=O) groups excluding carboxylic acids is 1. The summed E-state index contributed by atoms with van der Waals surface area (Å²) in [4.78, 5) is 11.3. The van der Waals surface area contributed by atoms with Crippen molar-refractivity contribution in [2.24, 2.45) is 0 Å². The fourth-order valence-electron chi connectivity index (χ4n) is 1.13. The molecular formula is C13H14FN3OS. The fourth-order valence-corrected chi connectivity index (χ4v) is 1.29. The van der Waals surface area contributed by atoms with E-state index in [4.69, 9.17) is 12.2 Å². The van der Waals surface area contributed by atoms with Crippen LogP contribution in [0.3, 0.4) is 0 Å². The third-order valence-corrected chi connectivity index (χ3v) is 2.18. The molecule has 0 spiro atoms. The number of allylic oxidation sites excluding steroid dienone is 3. The normalized spacial score (nSPS) is 10.6. The van der Waals surface area contributed by atoms with Crippen molar-refractivity contribution in [3.8, 4) is 0 Å². The molecule has 6 heteroatoms. The zero-order valence-electron chi connectivity index (χ0n) is 10.3. The van der Waals surface area contributed by atoms with Gasteiger partial charge in [0.2, 0.25) is 0 Å². The number of thiocarbonyl (C=S) groups is 1. The van der Waals surface area contributed by atoms with Gasteiger partial charge < -0.3 is 5.32 Å². The molecule has 0 fully saturated rings. The van der Waals surface area contributed by atoms with Crippen LogP contribution in [0.25, 0.3) is 0 Å². The number of rotatable bonds is 3. The van der Waals surface area contributed by atoms with Crippen molar-refractivity contribution in [3.05, 3.63) is 54.4 Å². The van der Waals surface area contributed by atoms with Crippen molar-refractivity contribution < 1.29 is 9.18 Å². The van der Waals surface area contributed by atoms with Gasteiger partial charge in [0, 0.05) is 6.08 Å². The predicted molar refractivity (Wildman–Crippen MR) is 77.9 cm³/mol.